The number of rotatable bonds is 3. The summed E-state index contributed by atoms with van der Waals surface area (Å²) in [5.74, 6) is 0.971. The second-order valence-electron chi connectivity index (χ2n) is 5.56. The van der Waals surface area contributed by atoms with Gasteiger partial charge in [-0.3, -0.25) is 4.79 Å². The normalized spacial score (nSPS) is 16.0. The van der Waals surface area contributed by atoms with Gasteiger partial charge in [0.2, 0.25) is 0 Å². The van der Waals surface area contributed by atoms with Gasteiger partial charge in [-0.05, 0) is 37.4 Å². The Bertz CT molecular complexity index is 663. The monoisotopic (exact) mass is 319 g/mol. The van der Waals surface area contributed by atoms with Crippen molar-refractivity contribution >= 4 is 17.5 Å². The molecule has 1 fully saturated rings. The van der Waals surface area contributed by atoms with Crippen molar-refractivity contribution in [2.45, 2.75) is 12.8 Å². The average Bonchev–Trinajstić information content (AvgIpc) is 3.04. The molecule has 0 saturated carbocycles. The molecule has 2 heterocycles. The Morgan fingerprint density at radius 2 is 2.14 bits per heavy atom. The number of benzene rings is 1. The van der Waals surface area contributed by atoms with E-state index in [0.717, 1.165) is 31.5 Å². The summed E-state index contributed by atoms with van der Waals surface area (Å²) in [6, 6.07) is 8.94. The van der Waals surface area contributed by atoms with Gasteiger partial charge in [-0.25, -0.2) is 0 Å². The third kappa shape index (κ3) is 3.15. The van der Waals surface area contributed by atoms with E-state index in [2.05, 4.69) is 5.16 Å². The smallest absolute Gasteiger partial charge is 0.276 e. The summed E-state index contributed by atoms with van der Waals surface area (Å²) in [6.45, 7) is 2.13. The van der Waals surface area contributed by atoms with E-state index in [1.807, 2.05) is 17.0 Å². The van der Waals surface area contributed by atoms with Gasteiger partial charge in [0.25, 0.3) is 5.91 Å². The molecule has 6 heteroatoms. The molecule has 1 aliphatic heterocycles. The lowest BCUT2D eigenvalue weighted by molar-refractivity contribution is 0.0683. The van der Waals surface area contributed by atoms with Crippen LogP contribution in [0.1, 0.15) is 23.3 Å². The van der Waals surface area contributed by atoms with Crippen LogP contribution in [0.25, 0.3) is 11.3 Å². The lowest BCUT2D eigenvalue weighted by Gasteiger charge is -2.30. The van der Waals surface area contributed by atoms with Crippen molar-refractivity contribution in [2.75, 3.05) is 19.6 Å². The Balaban J connectivity index is 1.72. The zero-order chi connectivity index (χ0) is 15.5. The fourth-order valence-corrected chi connectivity index (χ4v) is 2.88. The van der Waals surface area contributed by atoms with Crippen molar-refractivity contribution in [1.29, 1.82) is 0 Å². The third-order valence-corrected chi connectivity index (χ3v) is 4.31. The summed E-state index contributed by atoms with van der Waals surface area (Å²) in [4.78, 5) is 14.3. The van der Waals surface area contributed by atoms with Gasteiger partial charge in [0.05, 0.1) is 0 Å². The van der Waals surface area contributed by atoms with E-state index in [0.29, 0.717) is 28.9 Å². The van der Waals surface area contributed by atoms with Crippen molar-refractivity contribution in [3.8, 4) is 11.3 Å². The second-order valence-corrected chi connectivity index (χ2v) is 5.99. The number of nitrogens with two attached hydrogens (primary N) is 1. The lowest BCUT2D eigenvalue weighted by atomic mass is 9.97. The molecule has 0 spiro atoms. The van der Waals surface area contributed by atoms with Crippen molar-refractivity contribution in [2.24, 2.45) is 11.7 Å². The van der Waals surface area contributed by atoms with Crippen molar-refractivity contribution in [1.82, 2.24) is 10.1 Å². The third-order valence-electron chi connectivity index (χ3n) is 4.07. The van der Waals surface area contributed by atoms with Gasteiger partial charge in [0.1, 0.15) is 0 Å². The zero-order valence-electron chi connectivity index (χ0n) is 12.2. The summed E-state index contributed by atoms with van der Waals surface area (Å²) in [5.41, 5.74) is 6.82. The van der Waals surface area contributed by atoms with Gasteiger partial charge in [0.15, 0.2) is 11.5 Å². The van der Waals surface area contributed by atoms with Crippen LogP contribution in [0.3, 0.4) is 0 Å². The van der Waals surface area contributed by atoms with Crippen molar-refractivity contribution < 1.29 is 9.32 Å². The standard InChI is InChI=1S/C16H18ClN3O2/c17-13-3-1-2-12(8-13)15-9-14(19-22-15)16(21)20-6-4-11(10-18)5-7-20/h1-3,8-9,11H,4-7,10,18H2. The fraction of sp³-hybridized carbons (Fsp3) is 0.375. The van der Waals surface area contributed by atoms with Gasteiger partial charge in [-0.1, -0.05) is 28.9 Å². The molecule has 0 unspecified atom stereocenters. The fourth-order valence-electron chi connectivity index (χ4n) is 2.69. The number of halogens is 1. The molecule has 1 amide bonds. The van der Waals surface area contributed by atoms with Crippen LogP contribution < -0.4 is 5.73 Å². The second kappa shape index (κ2) is 6.50. The molecule has 2 aromatic rings. The van der Waals surface area contributed by atoms with Gasteiger partial charge in [0, 0.05) is 29.7 Å². The number of nitrogens with zero attached hydrogens (tertiary/aromatic N) is 2. The van der Waals surface area contributed by atoms with Gasteiger partial charge in [-0.2, -0.15) is 0 Å². The number of likely N-dealkylation sites (tertiary alicyclic amines) is 1. The van der Waals surface area contributed by atoms with Gasteiger partial charge < -0.3 is 15.2 Å². The molecule has 0 bridgehead atoms. The molecule has 2 N–H and O–H groups in total. The number of piperidine rings is 1. The molecule has 0 atom stereocenters. The summed E-state index contributed by atoms with van der Waals surface area (Å²) >= 11 is 5.97. The van der Waals surface area contributed by atoms with Crippen LogP contribution in [0.5, 0.6) is 0 Å². The van der Waals surface area contributed by atoms with Crippen LogP contribution in [-0.2, 0) is 0 Å². The molecular formula is C16H18ClN3O2. The number of carbonyl (C=O) groups excluding carboxylic acids is 1. The molecule has 0 aliphatic carbocycles. The SMILES string of the molecule is NCC1CCN(C(=O)c2cc(-c3cccc(Cl)c3)on2)CC1. The maximum atomic E-state index is 12.5. The van der Waals surface area contributed by atoms with Crippen LogP contribution in [-0.4, -0.2) is 35.6 Å². The molecule has 1 aliphatic rings. The number of aromatic nitrogens is 1. The highest BCUT2D eigenvalue weighted by molar-refractivity contribution is 6.30. The Morgan fingerprint density at radius 3 is 2.82 bits per heavy atom. The Kier molecular flexibility index (Phi) is 4.45. The Hall–Kier alpha value is -1.85. The summed E-state index contributed by atoms with van der Waals surface area (Å²) in [6.07, 6.45) is 1.89. The maximum absolute atomic E-state index is 12.5. The number of amides is 1. The van der Waals surface area contributed by atoms with E-state index in [9.17, 15) is 4.79 Å². The van der Waals surface area contributed by atoms with Crippen LogP contribution in [0, 0.1) is 5.92 Å². The zero-order valence-corrected chi connectivity index (χ0v) is 12.9. The highest BCUT2D eigenvalue weighted by atomic mass is 35.5. The minimum Gasteiger partial charge on any atom is -0.355 e. The molecule has 116 valence electrons. The first-order chi connectivity index (χ1) is 10.7. The molecular weight excluding hydrogens is 302 g/mol. The molecule has 1 aromatic carbocycles. The van der Waals surface area contributed by atoms with Crippen molar-refractivity contribution in [3.63, 3.8) is 0 Å². The summed E-state index contributed by atoms with van der Waals surface area (Å²) in [7, 11) is 0. The van der Waals surface area contributed by atoms with E-state index in [-0.39, 0.29) is 5.91 Å². The van der Waals surface area contributed by atoms with Crippen molar-refractivity contribution in [3.05, 3.63) is 41.0 Å². The minimum atomic E-state index is -0.0903. The summed E-state index contributed by atoms with van der Waals surface area (Å²) < 4.78 is 5.28. The van der Waals surface area contributed by atoms with Crippen LogP contribution in [0.2, 0.25) is 5.02 Å². The predicted octanol–water partition coefficient (Wildman–Crippen LogP) is 2.81. The van der Waals surface area contributed by atoms with E-state index >= 15 is 0 Å². The largest absolute Gasteiger partial charge is 0.355 e. The quantitative estimate of drug-likeness (QED) is 0.944. The van der Waals surface area contributed by atoms with Crippen LogP contribution in [0.4, 0.5) is 0 Å². The van der Waals surface area contributed by atoms with E-state index in [1.165, 1.54) is 0 Å². The molecule has 1 aromatic heterocycles. The first-order valence-corrected chi connectivity index (χ1v) is 7.77. The maximum Gasteiger partial charge on any atom is 0.276 e. The van der Waals surface area contributed by atoms with Crippen LogP contribution >= 0.6 is 11.6 Å². The average molecular weight is 320 g/mol. The Labute approximate surface area is 134 Å². The summed E-state index contributed by atoms with van der Waals surface area (Å²) in [5, 5.41) is 4.52. The lowest BCUT2D eigenvalue weighted by Crippen LogP contribution is -2.40. The number of hydrogen-bond donors (Lipinski definition) is 1. The number of hydrogen-bond acceptors (Lipinski definition) is 4. The molecule has 1 saturated heterocycles. The highest BCUT2D eigenvalue weighted by Gasteiger charge is 2.25. The topological polar surface area (TPSA) is 72.4 Å². The van der Waals surface area contributed by atoms with E-state index < -0.39 is 0 Å². The molecule has 5 nitrogen and oxygen atoms in total. The molecule has 3 rings (SSSR count). The number of carbonyl (C=O) groups is 1. The Morgan fingerprint density at radius 1 is 1.36 bits per heavy atom. The molecule has 0 radical (unpaired) electrons. The predicted molar refractivity (Wildman–Crippen MR) is 84.6 cm³/mol. The van der Waals surface area contributed by atoms with E-state index in [4.69, 9.17) is 21.9 Å². The minimum absolute atomic E-state index is 0.0903. The first kappa shape index (κ1) is 15.1. The first-order valence-electron chi connectivity index (χ1n) is 7.39. The van der Waals surface area contributed by atoms with Gasteiger partial charge >= 0.3 is 0 Å². The molecule has 22 heavy (non-hydrogen) atoms. The van der Waals surface area contributed by atoms with E-state index in [1.54, 1.807) is 18.2 Å². The highest BCUT2D eigenvalue weighted by Crippen LogP contribution is 2.24. The van der Waals surface area contributed by atoms with Gasteiger partial charge in [-0.15, -0.1) is 0 Å². The van der Waals surface area contributed by atoms with Crippen LogP contribution in [0.15, 0.2) is 34.9 Å².